The van der Waals surface area contributed by atoms with Crippen LogP contribution in [-0.4, -0.2) is 68.5 Å². The Morgan fingerprint density at radius 2 is 1.10 bits per heavy atom. The zero-order valence-corrected chi connectivity index (χ0v) is 35.0. The molecule has 51 heavy (non-hydrogen) atoms. The molecular weight excluding hydrogens is 659 g/mol. The molecule has 2 N–H and O–H groups in total. The van der Waals surface area contributed by atoms with E-state index in [9.17, 15) is 19.4 Å². The van der Waals surface area contributed by atoms with Gasteiger partial charge in [0.15, 0.2) is 0 Å². The van der Waals surface area contributed by atoms with Gasteiger partial charge in [-0.05, 0) is 32.1 Å². The van der Waals surface area contributed by atoms with Crippen LogP contribution in [0, 0.1) is 0 Å². The Morgan fingerprint density at radius 1 is 0.667 bits per heavy atom. The molecule has 0 rings (SSSR count). The lowest BCUT2D eigenvalue weighted by molar-refractivity contribution is -0.870. The third-order valence-corrected chi connectivity index (χ3v) is 10.4. The van der Waals surface area contributed by atoms with E-state index in [0.29, 0.717) is 17.4 Å². The van der Waals surface area contributed by atoms with Crippen molar-refractivity contribution in [2.45, 2.75) is 199 Å². The van der Waals surface area contributed by atoms with Crippen LogP contribution < -0.4 is 10.2 Å². The number of rotatable bonds is 38. The minimum Gasteiger partial charge on any atom is -0.756 e. The van der Waals surface area contributed by atoms with Crippen molar-refractivity contribution in [3.63, 3.8) is 0 Å². The lowest BCUT2D eigenvalue weighted by Gasteiger charge is -2.29. The summed E-state index contributed by atoms with van der Waals surface area (Å²) in [6.45, 7) is 4.60. The van der Waals surface area contributed by atoms with Crippen LogP contribution in [0.5, 0.6) is 0 Å². The quantitative estimate of drug-likeness (QED) is 0.0282. The van der Waals surface area contributed by atoms with Crippen LogP contribution in [0.4, 0.5) is 0 Å². The SMILES string of the molecule is CCCCCCCCCCCCCCCC/C=C/CC/C=C/C(O)C(COP(=O)([O-])OCC[N+](C)(C)C)NC(=O)CCCCCCCCCCC. The van der Waals surface area contributed by atoms with Gasteiger partial charge in [0, 0.05) is 6.42 Å². The summed E-state index contributed by atoms with van der Waals surface area (Å²) >= 11 is 0. The summed E-state index contributed by atoms with van der Waals surface area (Å²) in [6, 6.07) is -0.896. The van der Waals surface area contributed by atoms with Crippen molar-refractivity contribution in [3.05, 3.63) is 24.3 Å². The number of hydrogen-bond donors (Lipinski definition) is 2. The molecule has 9 heteroatoms. The normalized spacial score (nSPS) is 14.7. The van der Waals surface area contributed by atoms with Gasteiger partial charge in [-0.3, -0.25) is 9.36 Å². The molecule has 0 aromatic heterocycles. The largest absolute Gasteiger partial charge is 0.756 e. The smallest absolute Gasteiger partial charge is 0.268 e. The fourth-order valence-corrected chi connectivity index (χ4v) is 6.71. The second kappa shape index (κ2) is 34.7. The molecule has 0 aliphatic heterocycles. The number of nitrogens with zero attached hydrogens (tertiary/aromatic N) is 1. The molecule has 0 aliphatic rings. The summed E-state index contributed by atoms with van der Waals surface area (Å²) < 4.78 is 23.1. The molecule has 3 unspecified atom stereocenters. The van der Waals surface area contributed by atoms with E-state index in [-0.39, 0.29) is 19.1 Å². The van der Waals surface area contributed by atoms with Crippen molar-refractivity contribution in [2.24, 2.45) is 0 Å². The van der Waals surface area contributed by atoms with Crippen LogP contribution in [0.2, 0.25) is 0 Å². The van der Waals surface area contributed by atoms with Gasteiger partial charge in [-0.2, -0.15) is 0 Å². The van der Waals surface area contributed by atoms with Crippen LogP contribution in [0.1, 0.15) is 187 Å². The number of carbonyl (C=O) groups is 1. The second-order valence-electron chi connectivity index (χ2n) is 15.7. The molecule has 0 fully saturated rings. The number of likely N-dealkylation sites (N-methyl/N-ethyl adjacent to an activating group) is 1. The summed E-state index contributed by atoms with van der Waals surface area (Å²) in [7, 11) is 1.25. The van der Waals surface area contributed by atoms with Crippen molar-refractivity contribution in [2.75, 3.05) is 40.9 Å². The van der Waals surface area contributed by atoms with E-state index in [2.05, 4.69) is 31.3 Å². The number of carbonyl (C=O) groups excluding carboxylic acids is 1. The maximum absolute atomic E-state index is 12.7. The molecule has 0 bridgehead atoms. The number of hydrogen-bond acceptors (Lipinski definition) is 6. The summed E-state index contributed by atoms with van der Waals surface area (Å²) in [4.78, 5) is 25.1. The molecule has 0 aliphatic carbocycles. The predicted molar refractivity (Wildman–Crippen MR) is 215 cm³/mol. The van der Waals surface area contributed by atoms with E-state index in [1.54, 1.807) is 6.08 Å². The van der Waals surface area contributed by atoms with Crippen molar-refractivity contribution in [3.8, 4) is 0 Å². The monoisotopic (exact) mass is 743 g/mol. The highest BCUT2D eigenvalue weighted by molar-refractivity contribution is 7.45. The number of nitrogens with one attached hydrogen (secondary N) is 1. The van der Waals surface area contributed by atoms with E-state index < -0.39 is 20.0 Å². The maximum Gasteiger partial charge on any atom is 0.268 e. The summed E-state index contributed by atoms with van der Waals surface area (Å²) in [5.74, 6) is -0.211. The van der Waals surface area contributed by atoms with Gasteiger partial charge in [0.25, 0.3) is 7.82 Å². The Kier molecular flexibility index (Phi) is 34.0. The molecule has 0 aromatic carbocycles. The van der Waals surface area contributed by atoms with Gasteiger partial charge in [0.05, 0.1) is 39.9 Å². The summed E-state index contributed by atoms with van der Waals surface area (Å²) in [5, 5.41) is 13.7. The number of amides is 1. The molecule has 0 heterocycles. The molecule has 8 nitrogen and oxygen atoms in total. The van der Waals surface area contributed by atoms with Gasteiger partial charge < -0.3 is 28.8 Å². The molecule has 0 radical (unpaired) electrons. The first-order valence-electron chi connectivity index (χ1n) is 21.2. The lowest BCUT2D eigenvalue weighted by Crippen LogP contribution is -2.45. The molecule has 0 aromatic rings. The average molecular weight is 743 g/mol. The standard InChI is InChI=1S/C42H83N2O6P/c1-6-8-10-12-14-16-17-18-19-20-21-22-23-24-25-26-28-29-31-33-35-41(45)40(39-50-51(47,48)49-38-37-44(3,4)5)43-42(46)36-34-32-30-27-15-13-11-9-7-2/h26,28,33,35,40-41,45H,6-25,27,29-32,34,36-39H2,1-5H3,(H-,43,46,47,48)/b28-26+,35-33+. The Hall–Kier alpha value is -1.02. The Balaban J connectivity index is 4.41. The average Bonchev–Trinajstić information content (AvgIpc) is 3.07. The number of quaternary nitrogens is 1. The van der Waals surface area contributed by atoms with E-state index in [1.165, 1.54) is 128 Å². The molecule has 302 valence electrons. The van der Waals surface area contributed by atoms with Gasteiger partial charge in [-0.15, -0.1) is 0 Å². The number of unbranched alkanes of at least 4 members (excludes halogenated alkanes) is 23. The number of phosphoric acid groups is 1. The van der Waals surface area contributed by atoms with Gasteiger partial charge in [-0.1, -0.05) is 173 Å². The van der Waals surface area contributed by atoms with Gasteiger partial charge in [-0.25, -0.2) is 0 Å². The van der Waals surface area contributed by atoms with E-state index >= 15 is 0 Å². The molecule has 0 spiro atoms. The first kappa shape index (κ1) is 50.0. The van der Waals surface area contributed by atoms with Gasteiger partial charge in [0.2, 0.25) is 5.91 Å². The highest BCUT2D eigenvalue weighted by Gasteiger charge is 2.23. The van der Waals surface area contributed by atoms with Crippen LogP contribution in [0.3, 0.4) is 0 Å². The topological polar surface area (TPSA) is 108 Å². The fourth-order valence-electron chi connectivity index (χ4n) is 5.99. The van der Waals surface area contributed by atoms with Crippen LogP contribution in [0.25, 0.3) is 0 Å². The van der Waals surface area contributed by atoms with E-state index in [4.69, 9.17) is 9.05 Å². The second-order valence-corrected chi connectivity index (χ2v) is 17.1. The number of phosphoric ester groups is 1. The Labute approximate surface area is 315 Å². The van der Waals surface area contributed by atoms with Crippen molar-refractivity contribution < 1.29 is 32.9 Å². The lowest BCUT2D eigenvalue weighted by atomic mass is 10.0. The molecular formula is C42H83N2O6P. The third kappa shape index (κ3) is 37.1. The third-order valence-electron chi connectivity index (χ3n) is 9.41. The first-order valence-corrected chi connectivity index (χ1v) is 22.7. The maximum atomic E-state index is 12.7. The highest BCUT2D eigenvalue weighted by atomic mass is 31.2. The predicted octanol–water partition coefficient (Wildman–Crippen LogP) is 10.7. The first-order chi connectivity index (χ1) is 24.5. The summed E-state index contributed by atoms with van der Waals surface area (Å²) in [5.41, 5.74) is 0. The molecule has 3 atom stereocenters. The van der Waals surface area contributed by atoms with E-state index in [0.717, 1.165) is 38.5 Å². The fraction of sp³-hybridized carbons (Fsp3) is 0.881. The molecule has 0 saturated heterocycles. The van der Waals surface area contributed by atoms with Gasteiger partial charge >= 0.3 is 0 Å². The molecule has 1 amide bonds. The van der Waals surface area contributed by atoms with Crippen molar-refractivity contribution in [1.29, 1.82) is 0 Å². The van der Waals surface area contributed by atoms with Crippen LogP contribution in [-0.2, 0) is 18.4 Å². The Morgan fingerprint density at radius 3 is 1.59 bits per heavy atom. The van der Waals surface area contributed by atoms with Crippen LogP contribution >= 0.6 is 7.82 Å². The number of aliphatic hydroxyl groups is 1. The Bertz CT molecular complexity index is 891. The van der Waals surface area contributed by atoms with E-state index in [1.807, 2.05) is 27.2 Å². The summed E-state index contributed by atoms with van der Waals surface area (Å²) in [6.07, 6.45) is 39.5. The van der Waals surface area contributed by atoms with Crippen molar-refractivity contribution >= 4 is 13.7 Å². The van der Waals surface area contributed by atoms with Gasteiger partial charge in [0.1, 0.15) is 13.2 Å². The number of allylic oxidation sites excluding steroid dienone is 3. The minimum absolute atomic E-state index is 0.00468. The van der Waals surface area contributed by atoms with Crippen molar-refractivity contribution in [1.82, 2.24) is 5.32 Å². The van der Waals surface area contributed by atoms with Crippen LogP contribution in [0.15, 0.2) is 24.3 Å². The number of aliphatic hydroxyl groups excluding tert-OH is 1. The zero-order valence-electron chi connectivity index (χ0n) is 34.1. The minimum atomic E-state index is -4.58. The molecule has 0 saturated carbocycles. The highest BCUT2D eigenvalue weighted by Crippen LogP contribution is 2.38. The zero-order chi connectivity index (χ0) is 37.9.